The van der Waals surface area contributed by atoms with Crippen molar-refractivity contribution in [3.8, 4) is 40.1 Å². The molecule has 0 radical (unpaired) electrons. The van der Waals surface area contributed by atoms with Gasteiger partial charge in [0.1, 0.15) is 13.2 Å². The van der Waals surface area contributed by atoms with Gasteiger partial charge in [-0.05, 0) is 48.4 Å². The van der Waals surface area contributed by atoms with Crippen LogP contribution in [0.3, 0.4) is 0 Å². The molecule has 5 rings (SSSR count). The number of aromatic nitrogens is 2. The Hall–Kier alpha value is -4.14. The Bertz CT molecular complexity index is 1340. The molecule has 0 unspecified atom stereocenters. The molecule has 2 heterocycles. The van der Waals surface area contributed by atoms with E-state index in [4.69, 9.17) is 14.0 Å². The molecule has 3 aromatic carbocycles. The lowest BCUT2D eigenvalue weighted by Gasteiger charge is -2.19. The summed E-state index contributed by atoms with van der Waals surface area (Å²) in [5.74, 6) is -1.78. The topological polar surface area (TPSA) is 89.6 Å². The first-order valence-corrected chi connectivity index (χ1v) is 10.2. The van der Waals surface area contributed by atoms with Crippen molar-refractivity contribution in [2.24, 2.45) is 0 Å². The molecule has 0 bridgehead atoms. The Kier molecular flexibility index (Phi) is 5.29. The molecule has 0 fully saturated rings. The highest BCUT2D eigenvalue weighted by Gasteiger charge is 2.20. The molecule has 0 amide bonds. The van der Waals surface area contributed by atoms with Gasteiger partial charge in [-0.2, -0.15) is 4.98 Å². The summed E-state index contributed by atoms with van der Waals surface area (Å²) in [6.45, 7) is 3.59. The summed E-state index contributed by atoms with van der Waals surface area (Å²) >= 11 is 0. The monoisotopic (exact) mass is 451 g/mol. The van der Waals surface area contributed by atoms with Crippen LogP contribution in [0.25, 0.3) is 22.8 Å². The number of ether oxygens (including phenoxy) is 2. The molecule has 9 heteroatoms. The lowest BCUT2D eigenvalue weighted by Crippen LogP contribution is -2.15. The van der Waals surface area contributed by atoms with Crippen molar-refractivity contribution in [1.82, 2.24) is 10.1 Å². The maximum atomic E-state index is 14.2. The molecule has 1 aromatic heterocycles. The van der Waals surface area contributed by atoms with Crippen molar-refractivity contribution < 1.29 is 27.9 Å². The highest BCUT2D eigenvalue weighted by Crippen LogP contribution is 2.33. The van der Waals surface area contributed by atoms with E-state index < -0.39 is 17.4 Å². The first-order valence-electron chi connectivity index (χ1n) is 10.2. The van der Waals surface area contributed by atoms with Crippen LogP contribution >= 0.6 is 0 Å². The fourth-order valence-electron chi connectivity index (χ4n) is 3.50. The van der Waals surface area contributed by atoms with Crippen LogP contribution in [0.2, 0.25) is 0 Å². The zero-order valence-corrected chi connectivity index (χ0v) is 17.6. The number of nitrogens with one attached hydrogen (secondary N) is 1. The molecule has 0 saturated carbocycles. The van der Waals surface area contributed by atoms with E-state index in [9.17, 15) is 13.9 Å². The second-order valence-electron chi connectivity index (χ2n) is 7.54. The van der Waals surface area contributed by atoms with Crippen LogP contribution in [-0.2, 0) is 6.54 Å². The number of rotatable bonds is 5. The number of phenols is 1. The normalized spacial score (nSPS) is 12.6. The summed E-state index contributed by atoms with van der Waals surface area (Å²) in [4.78, 5) is 4.21. The number of benzene rings is 3. The Morgan fingerprint density at radius 2 is 1.82 bits per heavy atom. The number of hydrogen-bond acceptors (Lipinski definition) is 7. The van der Waals surface area contributed by atoms with Gasteiger partial charge in [0, 0.05) is 17.8 Å². The van der Waals surface area contributed by atoms with Crippen molar-refractivity contribution in [2.45, 2.75) is 13.5 Å². The number of fused-ring (bicyclic) bond motifs is 1. The standard InChI is InChI=1S/C24H19F2N3O4/c1-13-2-4-15(23-28-24(33-29-23)16-5-6-17(25)22(30)21(16)26)11-18(13)27-12-14-3-7-19-20(10-14)32-9-8-31-19/h2-7,10-11,27,30H,8-9,12H2,1H3. The van der Waals surface area contributed by atoms with Crippen LogP contribution in [0.1, 0.15) is 11.1 Å². The number of aryl methyl sites for hydroxylation is 1. The largest absolute Gasteiger partial charge is 0.503 e. The van der Waals surface area contributed by atoms with E-state index in [0.717, 1.165) is 40.4 Å². The summed E-state index contributed by atoms with van der Waals surface area (Å²) in [5, 5.41) is 16.8. The third-order valence-corrected chi connectivity index (χ3v) is 5.31. The quantitative estimate of drug-likeness (QED) is 0.437. The van der Waals surface area contributed by atoms with Crippen molar-refractivity contribution in [3.05, 3.63) is 71.3 Å². The molecule has 0 aliphatic carbocycles. The van der Waals surface area contributed by atoms with Crippen LogP contribution in [-0.4, -0.2) is 28.5 Å². The predicted molar refractivity (Wildman–Crippen MR) is 116 cm³/mol. The number of anilines is 1. The summed E-state index contributed by atoms with van der Waals surface area (Å²) in [6, 6.07) is 13.5. The molecule has 0 atom stereocenters. The molecular weight excluding hydrogens is 432 g/mol. The molecule has 0 spiro atoms. The van der Waals surface area contributed by atoms with Crippen LogP contribution in [0, 0.1) is 18.6 Å². The van der Waals surface area contributed by atoms with Gasteiger partial charge < -0.3 is 24.4 Å². The van der Waals surface area contributed by atoms with Crippen molar-refractivity contribution in [2.75, 3.05) is 18.5 Å². The maximum Gasteiger partial charge on any atom is 0.261 e. The predicted octanol–water partition coefficient (Wildman–Crippen LogP) is 5.08. The van der Waals surface area contributed by atoms with Gasteiger partial charge in [-0.1, -0.05) is 23.4 Å². The molecule has 2 N–H and O–H groups in total. The molecule has 33 heavy (non-hydrogen) atoms. The van der Waals surface area contributed by atoms with Gasteiger partial charge in [-0.15, -0.1) is 0 Å². The second kappa shape index (κ2) is 8.42. The van der Waals surface area contributed by atoms with Gasteiger partial charge in [0.2, 0.25) is 5.82 Å². The van der Waals surface area contributed by atoms with Gasteiger partial charge in [0.05, 0.1) is 5.56 Å². The molecule has 168 valence electrons. The van der Waals surface area contributed by atoms with Crippen LogP contribution < -0.4 is 14.8 Å². The Morgan fingerprint density at radius 1 is 1.00 bits per heavy atom. The van der Waals surface area contributed by atoms with E-state index in [2.05, 4.69) is 15.5 Å². The van der Waals surface area contributed by atoms with Gasteiger partial charge in [0.25, 0.3) is 5.89 Å². The third-order valence-electron chi connectivity index (χ3n) is 5.31. The summed E-state index contributed by atoms with van der Waals surface area (Å²) in [5.41, 5.74) is 3.36. The summed E-state index contributed by atoms with van der Waals surface area (Å²) in [6.07, 6.45) is 0. The first-order chi connectivity index (χ1) is 16.0. The van der Waals surface area contributed by atoms with Crippen molar-refractivity contribution in [3.63, 3.8) is 0 Å². The average Bonchev–Trinajstić information content (AvgIpc) is 3.32. The Morgan fingerprint density at radius 3 is 2.67 bits per heavy atom. The van der Waals surface area contributed by atoms with Crippen molar-refractivity contribution in [1.29, 1.82) is 0 Å². The summed E-state index contributed by atoms with van der Waals surface area (Å²) < 4.78 is 43.9. The number of phenolic OH excluding ortho intramolecular Hbond substituents is 1. The lowest BCUT2D eigenvalue weighted by molar-refractivity contribution is 0.171. The zero-order valence-electron chi connectivity index (χ0n) is 17.6. The molecular formula is C24H19F2N3O4. The van der Waals surface area contributed by atoms with Crippen LogP contribution in [0.5, 0.6) is 17.2 Å². The molecule has 1 aliphatic rings. The number of halogens is 2. The second-order valence-corrected chi connectivity index (χ2v) is 7.54. The summed E-state index contributed by atoms with van der Waals surface area (Å²) in [7, 11) is 0. The van der Waals surface area contributed by atoms with E-state index in [1.807, 2.05) is 43.3 Å². The third kappa shape index (κ3) is 4.05. The Labute approximate surface area is 187 Å². The molecule has 1 aliphatic heterocycles. The zero-order chi connectivity index (χ0) is 22.9. The average molecular weight is 451 g/mol. The van der Waals surface area contributed by atoms with E-state index in [0.29, 0.717) is 25.3 Å². The van der Waals surface area contributed by atoms with E-state index in [1.165, 1.54) is 0 Å². The van der Waals surface area contributed by atoms with E-state index >= 15 is 0 Å². The fourth-order valence-corrected chi connectivity index (χ4v) is 3.50. The SMILES string of the molecule is Cc1ccc(-c2noc(-c3ccc(F)c(O)c3F)n2)cc1NCc1ccc2c(c1)OCCO2. The van der Waals surface area contributed by atoms with Gasteiger partial charge in [0.15, 0.2) is 28.9 Å². The van der Waals surface area contributed by atoms with Crippen molar-refractivity contribution >= 4 is 5.69 Å². The lowest BCUT2D eigenvalue weighted by atomic mass is 10.1. The van der Waals surface area contributed by atoms with Crippen LogP contribution in [0.4, 0.5) is 14.5 Å². The van der Waals surface area contributed by atoms with Gasteiger partial charge >= 0.3 is 0 Å². The molecule has 4 aromatic rings. The van der Waals surface area contributed by atoms with E-state index in [1.54, 1.807) is 0 Å². The van der Waals surface area contributed by atoms with E-state index in [-0.39, 0.29) is 17.3 Å². The maximum absolute atomic E-state index is 14.2. The Balaban J connectivity index is 1.37. The van der Waals surface area contributed by atoms with Crippen LogP contribution in [0.15, 0.2) is 53.1 Å². The van der Waals surface area contributed by atoms with Gasteiger partial charge in [-0.25, -0.2) is 8.78 Å². The minimum Gasteiger partial charge on any atom is -0.503 e. The number of hydrogen-bond donors (Lipinski definition) is 2. The fraction of sp³-hybridized carbons (Fsp3) is 0.167. The highest BCUT2D eigenvalue weighted by molar-refractivity contribution is 5.67. The minimum atomic E-state index is -1.16. The number of nitrogens with zero attached hydrogens (tertiary/aromatic N) is 2. The molecule has 7 nitrogen and oxygen atoms in total. The highest BCUT2D eigenvalue weighted by atomic mass is 19.1. The smallest absolute Gasteiger partial charge is 0.261 e. The number of aromatic hydroxyl groups is 1. The molecule has 0 saturated heterocycles. The minimum absolute atomic E-state index is 0.163. The van der Waals surface area contributed by atoms with Gasteiger partial charge in [-0.3, -0.25) is 0 Å². The first kappa shape index (κ1) is 20.7.